The summed E-state index contributed by atoms with van der Waals surface area (Å²) in [6.07, 6.45) is 5.12. The van der Waals surface area contributed by atoms with Gasteiger partial charge in [0, 0.05) is 25.0 Å². The highest BCUT2D eigenvalue weighted by molar-refractivity contribution is 7.88. The number of carbonyl (C=O) groups is 1. The van der Waals surface area contributed by atoms with E-state index < -0.39 is 10.0 Å². The van der Waals surface area contributed by atoms with Crippen LogP contribution in [0.2, 0.25) is 0 Å². The number of carbonyl (C=O) groups excluding carboxylic acids is 1. The number of hydrogen-bond acceptors (Lipinski definition) is 3. The molecule has 0 aromatic carbocycles. The lowest BCUT2D eigenvalue weighted by Gasteiger charge is -2.34. The molecule has 0 spiro atoms. The largest absolute Gasteiger partial charge is 0.342 e. The fourth-order valence-corrected chi connectivity index (χ4v) is 3.01. The average Bonchev–Trinajstić information content (AvgIpc) is 3.05. The van der Waals surface area contributed by atoms with Crippen LogP contribution in [0.15, 0.2) is 0 Å². The first-order valence-corrected chi connectivity index (χ1v) is 8.43. The number of amides is 1. The fraction of sp³-hybridized carbons (Fsp3) is 0.917. The molecule has 2 aliphatic rings. The molecule has 0 radical (unpaired) electrons. The van der Waals surface area contributed by atoms with E-state index in [1.54, 1.807) is 0 Å². The standard InChI is InChI=1S/C12H22N2O3S/c1-12(5-6-12)11(15)14-7-3-4-10(9-14)8-13-18(2,16)17/h10,13H,3-9H2,1-2H3. The quantitative estimate of drug-likeness (QED) is 0.815. The van der Waals surface area contributed by atoms with E-state index in [4.69, 9.17) is 0 Å². The van der Waals surface area contributed by atoms with Gasteiger partial charge in [0.2, 0.25) is 15.9 Å². The van der Waals surface area contributed by atoms with Crippen molar-refractivity contribution in [1.82, 2.24) is 9.62 Å². The molecular weight excluding hydrogens is 252 g/mol. The Kier molecular flexibility index (Phi) is 3.69. The Morgan fingerprint density at radius 1 is 1.44 bits per heavy atom. The lowest BCUT2D eigenvalue weighted by Crippen LogP contribution is -2.45. The van der Waals surface area contributed by atoms with E-state index in [2.05, 4.69) is 4.72 Å². The lowest BCUT2D eigenvalue weighted by molar-refractivity contribution is -0.138. The zero-order chi connectivity index (χ0) is 13.4. The minimum atomic E-state index is -3.13. The van der Waals surface area contributed by atoms with Gasteiger partial charge in [0.25, 0.3) is 0 Å². The summed E-state index contributed by atoms with van der Waals surface area (Å²) in [7, 11) is -3.13. The van der Waals surface area contributed by atoms with Gasteiger partial charge in [-0.2, -0.15) is 0 Å². The maximum atomic E-state index is 12.2. The summed E-state index contributed by atoms with van der Waals surface area (Å²) < 4.78 is 24.7. The molecule has 0 bridgehead atoms. The number of nitrogens with zero attached hydrogens (tertiary/aromatic N) is 1. The third-order valence-electron chi connectivity index (χ3n) is 3.96. The molecule has 2 fully saturated rings. The van der Waals surface area contributed by atoms with Crippen molar-refractivity contribution < 1.29 is 13.2 Å². The molecule has 1 aliphatic heterocycles. The van der Waals surface area contributed by atoms with Crippen LogP contribution in [0.25, 0.3) is 0 Å². The Bertz CT molecular complexity index is 429. The van der Waals surface area contributed by atoms with Crippen LogP contribution in [0.4, 0.5) is 0 Å². The van der Waals surface area contributed by atoms with E-state index in [0.29, 0.717) is 13.1 Å². The molecular formula is C12H22N2O3S. The van der Waals surface area contributed by atoms with Crippen molar-refractivity contribution in [2.45, 2.75) is 32.6 Å². The second kappa shape index (κ2) is 4.81. The Hall–Kier alpha value is -0.620. The van der Waals surface area contributed by atoms with Crippen molar-refractivity contribution in [2.24, 2.45) is 11.3 Å². The molecule has 1 heterocycles. The first-order valence-electron chi connectivity index (χ1n) is 6.54. The van der Waals surface area contributed by atoms with Crippen LogP contribution < -0.4 is 4.72 Å². The minimum Gasteiger partial charge on any atom is -0.342 e. The van der Waals surface area contributed by atoms with Gasteiger partial charge in [0.15, 0.2) is 0 Å². The third kappa shape index (κ3) is 3.45. The lowest BCUT2D eigenvalue weighted by atomic mass is 9.96. The molecule has 0 aromatic heterocycles. The van der Waals surface area contributed by atoms with Crippen molar-refractivity contribution in [2.75, 3.05) is 25.9 Å². The molecule has 1 atom stereocenters. The molecule has 5 nitrogen and oxygen atoms in total. The minimum absolute atomic E-state index is 0.119. The molecule has 0 aromatic rings. The van der Waals surface area contributed by atoms with E-state index >= 15 is 0 Å². The fourth-order valence-electron chi connectivity index (χ4n) is 2.47. The van der Waals surface area contributed by atoms with E-state index in [9.17, 15) is 13.2 Å². The van der Waals surface area contributed by atoms with Gasteiger partial charge in [-0.15, -0.1) is 0 Å². The van der Waals surface area contributed by atoms with Gasteiger partial charge in [-0.05, 0) is 31.6 Å². The van der Waals surface area contributed by atoms with Gasteiger partial charge < -0.3 is 4.90 Å². The van der Waals surface area contributed by atoms with Crippen molar-refractivity contribution in [3.8, 4) is 0 Å². The zero-order valence-electron chi connectivity index (χ0n) is 11.1. The van der Waals surface area contributed by atoms with Gasteiger partial charge in [-0.1, -0.05) is 6.92 Å². The number of piperidine rings is 1. The normalized spacial score (nSPS) is 27.0. The van der Waals surface area contributed by atoms with Crippen LogP contribution >= 0.6 is 0 Å². The molecule has 104 valence electrons. The number of hydrogen-bond donors (Lipinski definition) is 1. The van der Waals surface area contributed by atoms with E-state index in [1.165, 1.54) is 6.26 Å². The smallest absolute Gasteiger partial charge is 0.228 e. The molecule has 1 N–H and O–H groups in total. The van der Waals surface area contributed by atoms with Gasteiger partial charge in [0.1, 0.15) is 0 Å². The molecule has 2 rings (SSSR count). The maximum absolute atomic E-state index is 12.2. The Morgan fingerprint density at radius 2 is 2.11 bits per heavy atom. The van der Waals surface area contributed by atoms with Crippen LogP contribution in [-0.2, 0) is 14.8 Å². The van der Waals surface area contributed by atoms with Crippen molar-refractivity contribution in [3.63, 3.8) is 0 Å². The van der Waals surface area contributed by atoms with Crippen LogP contribution in [0.3, 0.4) is 0 Å². The maximum Gasteiger partial charge on any atom is 0.228 e. The van der Waals surface area contributed by atoms with Crippen LogP contribution in [0.5, 0.6) is 0 Å². The highest BCUT2D eigenvalue weighted by atomic mass is 32.2. The number of sulfonamides is 1. The molecule has 1 aliphatic carbocycles. The van der Waals surface area contributed by atoms with Gasteiger partial charge in [-0.25, -0.2) is 13.1 Å². The summed E-state index contributed by atoms with van der Waals surface area (Å²) in [4.78, 5) is 14.1. The SMILES string of the molecule is CC1(C(=O)N2CCCC(CNS(C)(=O)=O)C2)CC1. The van der Waals surface area contributed by atoms with E-state index in [-0.39, 0.29) is 17.2 Å². The number of nitrogens with one attached hydrogen (secondary N) is 1. The summed E-state index contributed by atoms with van der Waals surface area (Å²) >= 11 is 0. The van der Waals surface area contributed by atoms with Crippen LogP contribution in [-0.4, -0.2) is 45.1 Å². The molecule has 18 heavy (non-hydrogen) atoms. The summed E-state index contributed by atoms with van der Waals surface area (Å²) in [5.41, 5.74) is -0.119. The number of likely N-dealkylation sites (tertiary alicyclic amines) is 1. The highest BCUT2D eigenvalue weighted by Crippen LogP contribution is 2.46. The average molecular weight is 274 g/mol. The Morgan fingerprint density at radius 3 is 2.67 bits per heavy atom. The molecule has 1 saturated heterocycles. The predicted molar refractivity (Wildman–Crippen MR) is 69.5 cm³/mol. The van der Waals surface area contributed by atoms with Crippen LogP contribution in [0, 0.1) is 11.3 Å². The summed E-state index contributed by atoms with van der Waals surface area (Å²) in [5, 5.41) is 0. The monoisotopic (exact) mass is 274 g/mol. The zero-order valence-corrected chi connectivity index (χ0v) is 11.9. The molecule has 6 heteroatoms. The number of rotatable bonds is 4. The first-order chi connectivity index (χ1) is 8.30. The van der Waals surface area contributed by atoms with Crippen molar-refractivity contribution in [1.29, 1.82) is 0 Å². The summed E-state index contributed by atoms with van der Waals surface area (Å²) in [6.45, 7) is 3.98. The Labute approximate surface area is 109 Å². The van der Waals surface area contributed by atoms with Crippen molar-refractivity contribution >= 4 is 15.9 Å². The molecule has 1 amide bonds. The second-order valence-corrected chi connectivity index (χ2v) is 7.77. The van der Waals surface area contributed by atoms with Gasteiger partial charge >= 0.3 is 0 Å². The molecule has 1 unspecified atom stereocenters. The summed E-state index contributed by atoms with van der Waals surface area (Å²) in [5.74, 6) is 0.506. The molecule has 1 saturated carbocycles. The van der Waals surface area contributed by atoms with Crippen molar-refractivity contribution in [3.05, 3.63) is 0 Å². The summed E-state index contributed by atoms with van der Waals surface area (Å²) in [6, 6.07) is 0. The van der Waals surface area contributed by atoms with Gasteiger partial charge in [-0.3, -0.25) is 4.79 Å². The van der Waals surface area contributed by atoms with E-state index in [1.807, 2.05) is 11.8 Å². The topological polar surface area (TPSA) is 66.5 Å². The van der Waals surface area contributed by atoms with E-state index in [0.717, 1.165) is 32.2 Å². The van der Waals surface area contributed by atoms with Crippen LogP contribution in [0.1, 0.15) is 32.6 Å². The first kappa shape index (κ1) is 13.8. The second-order valence-electron chi connectivity index (χ2n) is 5.94. The Balaban J connectivity index is 1.86. The third-order valence-corrected chi connectivity index (χ3v) is 4.65. The predicted octanol–water partition coefficient (Wildman–Crippen LogP) is 0.574. The highest BCUT2D eigenvalue weighted by Gasteiger charge is 2.47. The van der Waals surface area contributed by atoms with Gasteiger partial charge in [0.05, 0.1) is 6.26 Å².